The summed E-state index contributed by atoms with van der Waals surface area (Å²) in [4.78, 5) is 40.6. The normalized spacial score (nSPS) is 17.4. The number of nitrogens with zero attached hydrogens (tertiary/aromatic N) is 1. The molecule has 4 rings (SSSR count). The number of hydrogen-bond acceptors (Lipinski definition) is 4. The minimum atomic E-state index is -0.373. The highest BCUT2D eigenvalue weighted by Crippen LogP contribution is 2.40. The zero-order chi connectivity index (χ0) is 20.4. The number of carbonyl (C=O) groups is 3. The largest absolute Gasteiger partial charge is 0.326 e. The molecule has 1 saturated carbocycles. The van der Waals surface area contributed by atoms with E-state index in [1.165, 1.54) is 6.92 Å². The van der Waals surface area contributed by atoms with Gasteiger partial charge in [-0.15, -0.1) is 0 Å². The van der Waals surface area contributed by atoms with Crippen molar-refractivity contribution < 1.29 is 14.4 Å². The Labute approximate surface area is 167 Å². The van der Waals surface area contributed by atoms with E-state index < -0.39 is 0 Å². The summed E-state index contributed by atoms with van der Waals surface area (Å²) in [7, 11) is 0. The minimum Gasteiger partial charge on any atom is -0.326 e. The van der Waals surface area contributed by atoms with Crippen LogP contribution in [0.1, 0.15) is 13.3 Å². The Kier molecular flexibility index (Phi) is 4.95. The maximum Gasteiger partial charge on any atom is 0.228 e. The minimum absolute atomic E-state index is 0.185. The van der Waals surface area contributed by atoms with E-state index in [1.54, 1.807) is 36.5 Å². The standard InChI is InChI=1S/C22H20N4O3/c1-13(27)24-15-7-3-8-16(11-15)25-21(28)17-12-18(17)22(29)26-19-9-2-5-14-6-4-10-23-20(14)19/h2-11,17-18H,12H2,1H3,(H,24,27)(H,25,28)(H,26,29). The van der Waals surface area contributed by atoms with Gasteiger partial charge in [0.1, 0.15) is 0 Å². The molecule has 1 fully saturated rings. The maximum atomic E-state index is 12.6. The second-order valence-electron chi connectivity index (χ2n) is 7.07. The van der Waals surface area contributed by atoms with E-state index in [2.05, 4.69) is 20.9 Å². The van der Waals surface area contributed by atoms with Crippen LogP contribution in [0.2, 0.25) is 0 Å². The third-order valence-corrected chi connectivity index (χ3v) is 4.81. The molecule has 3 N–H and O–H groups in total. The van der Waals surface area contributed by atoms with Gasteiger partial charge in [0.2, 0.25) is 17.7 Å². The molecule has 3 aromatic rings. The van der Waals surface area contributed by atoms with Crippen LogP contribution in [0.4, 0.5) is 17.1 Å². The summed E-state index contributed by atoms with van der Waals surface area (Å²) < 4.78 is 0. The third kappa shape index (κ3) is 4.24. The van der Waals surface area contributed by atoms with E-state index in [4.69, 9.17) is 0 Å². The van der Waals surface area contributed by atoms with Gasteiger partial charge < -0.3 is 16.0 Å². The Hall–Kier alpha value is -3.74. The molecule has 3 amide bonds. The molecule has 2 atom stereocenters. The first-order valence-electron chi connectivity index (χ1n) is 9.34. The van der Waals surface area contributed by atoms with Crippen molar-refractivity contribution in [2.24, 2.45) is 11.8 Å². The van der Waals surface area contributed by atoms with Gasteiger partial charge in [0.05, 0.1) is 23.0 Å². The molecule has 7 heteroatoms. The monoisotopic (exact) mass is 388 g/mol. The van der Waals surface area contributed by atoms with Gasteiger partial charge in [-0.2, -0.15) is 0 Å². The topological polar surface area (TPSA) is 100 Å². The Morgan fingerprint density at radius 3 is 2.28 bits per heavy atom. The van der Waals surface area contributed by atoms with Crippen molar-refractivity contribution in [3.8, 4) is 0 Å². The zero-order valence-electron chi connectivity index (χ0n) is 15.8. The van der Waals surface area contributed by atoms with Gasteiger partial charge in [0.25, 0.3) is 0 Å². The fourth-order valence-electron chi connectivity index (χ4n) is 3.32. The van der Waals surface area contributed by atoms with Gasteiger partial charge in [0, 0.05) is 29.9 Å². The molecule has 2 aromatic carbocycles. The van der Waals surface area contributed by atoms with Crippen LogP contribution in [0.5, 0.6) is 0 Å². The number of benzene rings is 2. The Morgan fingerprint density at radius 1 is 0.862 bits per heavy atom. The first-order chi connectivity index (χ1) is 14.0. The van der Waals surface area contributed by atoms with Gasteiger partial charge in [-0.05, 0) is 36.8 Å². The van der Waals surface area contributed by atoms with E-state index in [-0.39, 0.29) is 29.6 Å². The lowest BCUT2D eigenvalue weighted by atomic mass is 10.2. The predicted molar refractivity (Wildman–Crippen MR) is 111 cm³/mol. The highest BCUT2D eigenvalue weighted by Gasteiger charge is 2.48. The van der Waals surface area contributed by atoms with Gasteiger partial charge >= 0.3 is 0 Å². The average molecular weight is 388 g/mol. The molecule has 1 aromatic heterocycles. The van der Waals surface area contributed by atoms with Crippen LogP contribution in [-0.4, -0.2) is 22.7 Å². The first-order valence-corrected chi connectivity index (χ1v) is 9.34. The summed E-state index contributed by atoms with van der Waals surface area (Å²) in [5.74, 6) is -1.32. The molecule has 2 unspecified atom stereocenters. The lowest BCUT2D eigenvalue weighted by molar-refractivity contribution is -0.122. The summed E-state index contributed by atoms with van der Waals surface area (Å²) in [5, 5.41) is 9.32. The number of hydrogen-bond donors (Lipinski definition) is 3. The number of amides is 3. The Bertz CT molecular complexity index is 1110. The number of anilines is 3. The molecule has 1 heterocycles. The number of fused-ring (bicyclic) bond motifs is 1. The number of para-hydroxylation sites is 1. The van der Waals surface area contributed by atoms with E-state index in [1.807, 2.05) is 24.3 Å². The molecular weight excluding hydrogens is 368 g/mol. The van der Waals surface area contributed by atoms with Crippen molar-refractivity contribution in [2.45, 2.75) is 13.3 Å². The lowest BCUT2D eigenvalue weighted by Crippen LogP contribution is -2.20. The van der Waals surface area contributed by atoms with Crippen LogP contribution in [0.15, 0.2) is 60.8 Å². The number of rotatable bonds is 5. The molecule has 29 heavy (non-hydrogen) atoms. The molecule has 0 saturated heterocycles. The van der Waals surface area contributed by atoms with E-state index in [0.717, 1.165) is 10.9 Å². The van der Waals surface area contributed by atoms with Gasteiger partial charge in [0.15, 0.2) is 0 Å². The van der Waals surface area contributed by atoms with E-state index in [9.17, 15) is 14.4 Å². The number of aromatic nitrogens is 1. The molecule has 146 valence electrons. The van der Waals surface area contributed by atoms with E-state index in [0.29, 0.717) is 23.5 Å². The molecule has 0 bridgehead atoms. The summed E-state index contributed by atoms with van der Waals surface area (Å²) in [5.41, 5.74) is 2.54. The van der Waals surface area contributed by atoms with Crippen molar-refractivity contribution >= 4 is 45.7 Å². The van der Waals surface area contributed by atoms with Crippen molar-refractivity contribution in [3.63, 3.8) is 0 Å². The molecule has 0 radical (unpaired) electrons. The summed E-state index contributed by atoms with van der Waals surface area (Å²) in [6, 6.07) is 16.3. The fourth-order valence-corrected chi connectivity index (χ4v) is 3.32. The summed E-state index contributed by atoms with van der Waals surface area (Å²) >= 11 is 0. The average Bonchev–Trinajstić information content (AvgIpc) is 3.49. The predicted octanol–water partition coefficient (Wildman–Crippen LogP) is 3.41. The fraction of sp³-hybridized carbons (Fsp3) is 0.182. The Balaban J connectivity index is 1.38. The summed E-state index contributed by atoms with van der Waals surface area (Å²) in [6.07, 6.45) is 2.18. The van der Waals surface area contributed by atoms with Crippen LogP contribution >= 0.6 is 0 Å². The van der Waals surface area contributed by atoms with Crippen LogP contribution in [0, 0.1) is 11.8 Å². The second kappa shape index (κ2) is 7.71. The van der Waals surface area contributed by atoms with Gasteiger partial charge in [-0.1, -0.05) is 24.3 Å². The van der Waals surface area contributed by atoms with Crippen molar-refractivity contribution in [3.05, 3.63) is 60.8 Å². The first kappa shape index (κ1) is 18.6. The van der Waals surface area contributed by atoms with Crippen LogP contribution in [0.3, 0.4) is 0 Å². The highest BCUT2D eigenvalue weighted by molar-refractivity contribution is 6.06. The van der Waals surface area contributed by atoms with Crippen molar-refractivity contribution in [2.75, 3.05) is 16.0 Å². The molecule has 0 aliphatic heterocycles. The second-order valence-corrected chi connectivity index (χ2v) is 7.07. The molecule has 1 aliphatic rings. The molecule has 0 spiro atoms. The third-order valence-electron chi connectivity index (χ3n) is 4.81. The number of pyridine rings is 1. The zero-order valence-corrected chi connectivity index (χ0v) is 15.8. The Morgan fingerprint density at radius 2 is 1.52 bits per heavy atom. The van der Waals surface area contributed by atoms with Gasteiger partial charge in [-0.25, -0.2) is 0 Å². The van der Waals surface area contributed by atoms with E-state index >= 15 is 0 Å². The lowest BCUT2D eigenvalue weighted by Gasteiger charge is -2.09. The SMILES string of the molecule is CC(=O)Nc1cccc(NC(=O)C2CC2C(=O)Nc2cccc3cccnc23)c1. The van der Waals surface area contributed by atoms with Gasteiger partial charge in [-0.3, -0.25) is 19.4 Å². The van der Waals surface area contributed by atoms with Crippen LogP contribution in [-0.2, 0) is 14.4 Å². The number of nitrogens with one attached hydrogen (secondary N) is 3. The highest BCUT2D eigenvalue weighted by atomic mass is 16.2. The number of carbonyl (C=O) groups excluding carboxylic acids is 3. The molecule has 7 nitrogen and oxygen atoms in total. The molecular formula is C22H20N4O3. The smallest absolute Gasteiger partial charge is 0.228 e. The quantitative estimate of drug-likeness (QED) is 0.624. The molecule has 1 aliphatic carbocycles. The van der Waals surface area contributed by atoms with Crippen molar-refractivity contribution in [1.82, 2.24) is 4.98 Å². The van der Waals surface area contributed by atoms with Crippen LogP contribution < -0.4 is 16.0 Å². The van der Waals surface area contributed by atoms with Crippen LogP contribution in [0.25, 0.3) is 10.9 Å². The summed E-state index contributed by atoms with van der Waals surface area (Å²) in [6.45, 7) is 1.42. The van der Waals surface area contributed by atoms with Crippen molar-refractivity contribution in [1.29, 1.82) is 0 Å². The maximum absolute atomic E-state index is 12.6.